The first kappa shape index (κ1) is 18.1. The van der Waals surface area contributed by atoms with E-state index in [0.717, 1.165) is 38.6 Å². The molecule has 0 fully saturated rings. The summed E-state index contributed by atoms with van der Waals surface area (Å²) < 4.78 is 27.4. The minimum absolute atomic E-state index is 0.0234. The molecule has 0 heterocycles. The molecule has 1 rings (SSSR count). The molecule has 0 saturated heterocycles. The monoisotopic (exact) mass is 312 g/mol. The van der Waals surface area contributed by atoms with E-state index in [1.807, 2.05) is 26.1 Å². The van der Waals surface area contributed by atoms with Crippen molar-refractivity contribution in [2.24, 2.45) is 0 Å². The number of rotatable bonds is 10. The molecule has 5 heteroatoms. The van der Waals surface area contributed by atoms with Gasteiger partial charge in [-0.2, -0.15) is 0 Å². The molecular weight excluding hydrogens is 284 g/mol. The molecule has 0 aliphatic carbocycles. The molecule has 2 N–H and O–H groups in total. The molecule has 120 valence electrons. The van der Waals surface area contributed by atoms with Crippen molar-refractivity contribution in [3.8, 4) is 0 Å². The highest BCUT2D eigenvalue weighted by molar-refractivity contribution is 7.89. The second kappa shape index (κ2) is 9.18. The summed E-state index contributed by atoms with van der Waals surface area (Å²) in [6.45, 7) is 5.04. The Kier molecular flexibility index (Phi) is 7.93. The fraction of sp³-hybridized carbons (Fsp3) is 0.625. The third-order valence-corrected chi connectivity index (χ3v) is 5.11. The van der Waals surface area contributed by atoms with Gasteiger partial charge in [0.05, 0.1) is 4.90 Å². The highest BCUT2D eigenvalue weighted by Crippen LogP contribution is 2.14. The minimum Gasteiger partial charge on any atom is -0.320 e. The van der Waals surface area contributed by atoms with Gasteiger partial charge >= 0.3 is 0 Å². The normalized spacial score (nSPS) is 13.3. The van der Waals surface area contributed by atoms with Crippen LogP contribution in [0, 0.1) is 0 Å². The van der Waals surface area contributed by atoms with Gasteiger partial charge in [0.1, 0.15) is 0 Å². The Bertz CT molecular complexity index is 498. The quantitative estimate of drug-likeness (QED) is 0.653. The van der Waals surface area contributed by atoms with E-state index in [2.05, 4.69) is 17.0 Å². The van der Waals surface area contributed by atoms with Crippen molar-refractivity contribution in [1.82, 2.24) is 10.0 Å². The van der Waals surface area contributed by atoms with Crippen LogP contribution in [-0.2, 0) is 16.4 Å². The van der Waals surface area contributed by atoms with Crippen LogP contribution in [0.2, 0.25) is 0 Å². The Hall–Kier alpha value is -0.910. The van der Waals surface area contributed by atoms with Crippen LogP contribution >= 0.6 is 0 Å². The Morgan fingerprint density at radius 1 is 1.14 bits per heavy atom. The fourth-order valence-electron chi connectivity index (χ4n) is 2.29. The summed E-state index contributed by atoms with van der Waals surface area (Å²) in [5, 5.41) is 3.11. The van der Waals surface area contributed by atoms with E-state index in [9.17, 15) is 8.42 Å². The standard InChI is InChI=1S/C16H28N2O2S/c1-4-7-15(5-2)18-21(19,20)16-11-9-14(10-12-16)8-6-13-17-3/h9-12,15,17-18H,4-8,13H2,1-3H3. The number of hydrogen-bond donors (Lipinski definition) is 2. The van der Waals surface area contributed by atoms with E-state index >= 15 is 0 Å². The average Bonchev–Trinajstić information content (AvgIpc) is 2.47. The largest absolute Gasteiger partial charge is 0.320 e. The molecule has 1 aromatic rings. The predicted octanol–water partition coefficient (Wildman–Crippen LogP) is 2.70. The Morgan fingerprint density at radius 3 is 2.33 bits per heavy atom. The lowest BCUT2D eigenvalue weighted by atomic mass is 10.1. The Balaban J connectivity index is 2.70. The van der Waals surface area contributed by atoms with Crippen molar-refractivity contribution < 1.29 is 8.42 Å². The molecule has 4 nitrogen and oxygen atoms in total. The van der Waals surface area contributed by atoms with Crippen LogP contribution in [-0.4, -0.2) is 28.1 Å². The number of sulfonamides is 1. The number of nitrogens with one attached hydrogen (secondary N) is 2. The van der Waals surface area contributed by atoms with Crippen molar-refractivity contribution in [2.75, 3.05) is 13.6 Å². The SMILES string of the molecule is CCCC(CC)NS(=O)(=O)c1ccc(CCCNC)cc1. The first-order chi connectivity index (χ1) is 10.0. The number of benzene rings is 1. The van der Waals surface area contributed by atoms with E-state index in [-0.39, 0.29) is 6.04 Å². The van der Waals surface area contributed by atoms with Gasteiger partial charge in [0.2, 0.25) is 10.0 Å². The van der Waals surface area contributed by atoms with Gasteiger partial charge in [-0.1, -0.05) is 32.4 Å². The topological polar surface area (TPSA) is 58.2 Å². The molecule has 1 aromatic carbocycles. The molecule has 0 aliphatic rings. The predicted molar refractivity (Wildman–Crippen MR) is 88.0 cm³/mol. The molecule has 1 unspecified atom stereocenters. The molecule has 0 amide bonds. The lowest BCUT2D eigenvalue weighted by Gasteiger charge is -2.16. The smallest absolute Gasteiger partial charge is 0.240 e. The van der Waals surface area contributed by atoms with Gasteiger partial charge in [-0.05, 0) is 57.0 Å². The van der Waals surface area contributed by atoms with E-state index in [0.29, 0.717) is 4.90 Å². The van der Waals surface area contributed by atoms with Crippen LogP contribution in [0.15, 0.2) is 29.2 Å². The summed E-state index contributed by atoms with van der Waals surface area (Å²) in [5.74, 6) is 0. The molecule has 0 spiro atoms. The third kappa shape index (κ3) is 6.16. The van der Waals surface area contributed by atoms with Crippen LogP contribution in [0.4, 0.5) is 0 Å². The maximum Gasteiger partial charge on any atom is 0.240 e. The summed E-state index contributed by atoms with van der Waals surface area (Å²) in [5.41, 5.74) is 1.17. The first-order valence-electron chi connectivity index (χ1n) is 7.79. The van der Waals surface area contributed by atoms with Crippen LogP contribution in [0.25, 0.3) is 0 Å². The summed E-state index contributed by atoms with van der Waals surface area (Å²) in [6, 6.07) is 7.25. The van der Waals surface area contributed by atoms with Crippen LogP contribution in [0.3, 0.4) is 0 Å². The highest BCUT2D eigenvalue weighted by Gasteiger charge is 2.18. The van der Waals surface area contributed by atoms with Gasteiger partial charge in [-0.25, -0.2) is 13.1 Å². The van der Waals surface area contributed by atoms with Gasteiger partial charge < -0.3 is 5.32 Å². The van der Waals surface area contributed by atoms with Crippen LogP contribution < -0.4 is 10.0 Å². The Labute approximate surface area is 129 Å². The molecule has 21 heavy (non-hydrogen) atoms. The summed E-state index contributed by atoms with van der Waals surface area (Å²) >= 11 is 0. The van der Waals surface area contributed by atoms with Crippen molar-refractivity contribution in [2.45, 2.75) is 56.9 Å². The Morgan fingerprint density at radius 2 is 1.81 bits per heavy atom. The molecule has 0 aliphatic heterocycles. The molecule has 0 radical (unpaired) electrons. The van der Waals surface area contributed by atoms with Crippen molar-refractivity contribution >= 4 is 10.0 Å². The van der Waals surface area contributed by atoms with Gasteiger partial charge in [0.15, 0.2) is 0 Å². The second-order valence-electron chi connectivity index (χ2n) is 5.37. The van der Waals surface area contributed by atoms with E-state index in [1.54, 1.807) is 12.1 Å². The van der Waals surface area contributed by atoms with Crippen molar-refractivity contribution in [1.29, 1.82) is 0 Å². The number of aryl methyl sites for hydroxylation is 1. The summed E-state index contributed by atoms with van der Waals surface area (Å²) in [7, 11) is -1.47. The van der Waals surface area contributed by atoms with Crippen LogP contribution in [0.1, 0.15) is 45.1 Å². The number of hydrogen-bond acceptors (Lipinski definition) is 3. The van der Waals surface area contributed by atoms with Gasteiger partial charge in [0, 0.05) is 6.04 Å². The lowest BCUT2D eigenvalue weighted by Crippen LogP contribution is -2.34. The lowest BCUT2D eigenvalue weighted by molar-refractivity contribution is 0.512. The molecule has 0 saturated carbocycles. The molecule has 0 bridgehead atoms. The maximum atomic E-state index is 12.3. The van der Waals surface area contributed by atoms with E-state index in [1.165, 1.54) is 5.56 Å². The third-order valence-electron chi connectivity index (χ3n) is 3.58. The van der Waals surface area contributed by atoms with Gasteiger partial charge in [0.25, 0.3) is 0 Å². The molecular formula is C16H28N2O2S. The van der Waals surface area contributed by atoms with Crippen molar-refractivity contribution in [3.63, 3.8) is 0 Å². The van der Waals surface area contributed by atoms with Gasteiger partial charge in [-0.3, -0.25) is 0 Å². The second-order valence-corrected chi connectivity index (χ2v) is 7.08. The fourth-order valence-corrected chi connectivity index (χ4v) is 3.64. The van der Waals surface area contributed by atoms with Crippen LogP contribution in [0.5, 0.6) is 0 Å². The zero-order chi connectivity index (χ0) is 15.7. The van der Waals surface area contributed by atoms with E-state index in [4.69, 9.17) is 0 Å². The highest BCUT2D eigenvalue weighted by atomic mass is 32.2. The maximum absolute atomic E-state index is 12.3. The summed E-state index contributed by atoms with van der Waals surface area (Å²) in [4.78, 5) is 0.356. The zero-order valence-corrected chi connectivity index (χ0v) is 14.2. The average molecular weight is 312 g/mol. The van der Waals surface area contributed by atoms with E-state index < -0.39 is 10.0 Å². The van der Waals surface area contributed by atoms with Crippen molar-refractivity contribution in [3.05, 3.63) is 29.8 Å². The first-order valence-corrected chi connectivity index (χ1v) is 9.27. The molecule has 1 atom stereocenters. The zero-order valence-electron chi connectivity index (χ0n) is 13.4. The summed E-state index contributed by atoms with van der Waals surface area (Å²) in [6.07, 6.45) is 4.68. The van der Waals surface area contributed by atoms with Gasteiger partial charge in [-0.15, -0.1) is 0 Å². The molecule has 0 aromatic heterocycles. The minimum atomic E-state index is -3.40.